The van der Waals surface area contributed by atoms with Crippen LogP contribution in [0.25, 0.3) is 0 Å². The van der Waals surface area contributed by atoms with E-state index in [0.717, 1.165) is 0 Å². The van der Waals surface area contributed by atoms with Gasteiger partial charge in [0, 0.05) is 38.3 Å². The third-order valence-electron chi connectivity index (χ3n) is 4.54. The Labute approximate surface area is 158 Å². The average molecular weight is 391 g/mol. The SMILES string of the molecule is CN1CCN(S(=O)(=O)c2cccc(C(=O)NCc3cccc(F)c3)c2)CC1. The highest BCUT2D eigenvalue weighted by Crippen LogP contribution is 2.18. The minimum Gasteiger partial charge on any atom is -0.348 e. The van der Waals surface area contributed by atoms with Gasteiger partial charge >= 0.3 is 0 Å². The summed E-state index contributed by atoms with van der Waals surface area (Å²) in [5.41, 5.74) is 0.881. The molecule has 144 valence electrons. The van der Waals surface area contributed by atoms with Gasteiger partial charge in [-0.1, -0.05) is 18.2 Å². The lowest BCUT2D eigenvalue weighted by molar-refractivity contribution is 0.0950. The normalized spacial score (nSPS) is 16.2. The van der Waals surface area contributed by atoms with Gasteiger partial charge in [-0.3, -0.25) is 4.79 Å². The molecule has 0 saturated carbocycles. The number of hydrogen-bond donors (Lipinski definition) is 1. The van der Waals surface area contributed by atoms with Crippen molar-refractivity contribution in [2.75, 3.05) is 33.2 Å². The molecule has 0 radical (unpaired) electrons. The number of carbonyl (C=O) groups is 1. The maximum atomic E-state index is 13.2. The molecule has 0 aromatic heterocycles. The third kappa shape index (κ3) is 4.71. The van der Waals surface area contributed by atoms with Gasteiger partial charge in [-0.15, -0.1) is 0 Å². The van der Waals surface area contributed by atoms with E-state index in [1.807, 2.05) is 7.05 Å². The number of benzene rings is 2. The number of rotatable bonds is 5. The van der Waals surface area contributed by atoms with Gasteiger partial charge in [-0.05, 0) is 42.9 Å². The van der Waals surface area contributed by atoms with E-state index in [-0.39, 0.29) is 22.8 Å². The third-order valence-corrected chi connectivity index (χ3v) is 6.43. The first-order chi connectivity index (χ1) is 12.9. The Bertz CT molecular complexity index is 925. The highest BCUT2D eigenvalue weighted by atomic mass is 32.2. The minimum absolute atomic E-state index is 0.102. The van der Waals surface area contributed by atoms with E-state index in [0.29, 0.717) is 31.7 Å². The lowest BCUT2D eigenvalue weighted by Crippen LogP contribution is -2.47. The standard InChI is InChI=1S/C19H22FN3O3S/c1-22-8-10-23(11-9-22)27(25,26)18-7-3-5-16(13-18)19(24)21-14-15-4-2-6-17(20)12-15/h2-7,12-13H,8-11,14H2,1H3,(H,21,24). The number of halogens is 1. The molecule has 0 unspecified atom stereocenters. The van der Waals surface area contributed by atoms with Crippen LogP contribution in [0.1, 0.15) is 15.9 Å². The summed E-state index contributed by atoms with van der Waals surface area (Å²) in [6.45, 7) is 2.36. The quantitative estimate of drug-likeness (QED) is 0.842. The fourth-order valence-electron chi connectivity index (χ4n) is 2.91. The lowest BCUT2D eigenvalue weighted by atomic mass is 10.2. The summed E-state index contributed by atoms with van der Waals surface area (Å²) >= 11 is 0. The van der Waals surface area contributed by atoms with Gasteiger partial charge < -0.3 is 10.2 Å². The molecule has 0 aliphatic carbocycles. The van der Waals surface area contributed by atoms with Crippen molar-refractivity contribution in [2.24, 2.45) is 0 Å². The summed E-state index contributed by atoms with van der Waals surface area (Å²) in [5.74, 6) is -0.781. The number of sulfonamides is 1. The molecule has 0 atom stereocenters. The van der Waals surface area contributed by atoms with Gasteiger partial charge in [0.2, 0.25) is 10.0 Å². The van der Waals surface area contributed by atoms with Crippen molar-refractivity contribution in [3.63, 3.8) is 0 Å². The number of piperazine rings is 1. The lowest BCUT2D eigenvalue weighted by Gasteiger charge is -2.31. The maximum Gasteiger partial charge on any atom is 0.251 e. The molecule has 2 aromatic rings. The molecular weight excluding hydrogens is 369 g/mol. The van der Waals surface area contributed by atoms with Crippen molar-refractivity contribution in [1.82, 2.24) is 14.5 Å². The van der Waals surface area contributed by atoms with Crippen molar-refractivity contribution in [2.45, 2.75) is 11.4 Å². The molecular formula is C19H22FN3O3S. The van der Waals surface area contributed by atoms with E-state index in [9.17, 15) is 17.6 Å². The number of likely N-dealkylation sites (N-methyl/N-ethyl adjacent to an activating group) is 1. The fourth-order valence-corrected chi connectivity index (χ4v) is 4.38. The van der Waals surface area contributed by atoms with Crippen LogP contribution in [0, 0.1) is 5.82 Å². The summed E-state index contributed by atoms with van der Waals surface area (Å²) in [7, 11) is -1.69. The molecule has 3 rings (SSSR count). The van der Waals surface area contributed by atoms with E-state index in [1.54, 1.807) is 24.3 Å². The zero-order chi connectivity index (χ0) is 19.4. The fraction of sp³-hybridized carbons (Fsp3) is 0.316. The first-order valence-electron chi connectivity index (χ1n) is 8.68. The van der Waals surface area contributed by atoms with Gasteiger partial charge in [0.1, 0.15) is 5.82 Å². The summed E-state index contributed by atoms with van der Waals surface area (Å²) in [5, 5.41) is 2.69. The summed E-state index contributed by atoms with van der Waals surface area (Å²) in [6.07, 6.45) is 0. The molecule has 1 amide bonds. The van der Waals surface area contributed by atoms with Gasteiger partial charge in [0.25, 0.3) is 5.91 Å². The second-order valence-electron chi connectivity index (χ2n) is 6.55. The molecule has 0 spiro atoms. The molecule has 1 fully saturated rings. The molecule has 1 saturated heterocycles. The van der Waals surface area contributed by atoms with Crippen LogP contribution in [0.2, 0.25) is 0 Å². The molecule has 6 nitrogen and oxygen atoms in total. The minimum atomic E-state index is -3.64. The predicted octanol–water partition coefficient (Wildman–Crippen LogP) is 1.69. The van der Waals surface area contributed by atoms with Crippen LogP contribution in [0.5, 0.6) is 0 Å². The number of carbonyl (C=O) groups excluding carboxylic acids is 1. The Kier molecular flexibility index (Phi) is 5.88. The van der Waals surface area contributed by atoms with Crippen LogP contribution in [0.4, 0.5) is 4.39 Å². The zero-order valence-corrected chi connectivity index (χ0v) is 15.9. The smallest absolute Gasteiger partial charge is 0.251 e. The van der Waals surface area contributed by atoms with Gasteiger partial charge in [0.05, 0.1) is 4.90 Å². The first kappa shape index (κ1) is 19.5. The summed E-state index contributed by atoms with van der Waals surface area (Å²) < 4.78 is 40.3. The molecule has 8 heteroatoms. The van der Waals surface area contributed by atoms with E-state index >= 15 is 0 Å². The van der Waals surface area contributed by atoms with Gasteiger partial charge in [0.15, 0.2) is 0 Å². The van der Waals surface area contributed by atoms with Crippen LogP contribution in [0.3, 0.4) is 0 Å². The zero-order valence-electron chi connectivity index (χ0n) is 15.1. The molecule has 1 heterocycles. The van der Waals surface area contributed by atoms with Crippen molar-refractivity contribution in [1.29, 1.82) is 0 Å². The summed E-state index contributed by atoms with van der Waals surface area (Å²) in [4.78, 5) is 14.6. The van der Waals surface area contributed by atoms with Crippen LogP contribution in [0.15, 0.2) is 53.4 Å². The van der Waals surface area contributed by atoms with Crippen molar-refractivity contribution >= 4 is 15.9 Å². The molecule has 2 aromatic carbocycles. The molecule has 0 bridgehead atoms. The Morgan fingerprint density at radius 2 is 1.78 bits per heavy atom. The first-order valence-corrected chi connectivity index (χ1v) is 10.1. The number of nitrogens with one attached hydrogen (secondary N) is 1. The largest absolute Gasteiger partial charge is 0.348 e. The van der Waals surface area contributed by atoms with Crippen LogP contribution in [-0.4, -0.2) is 56.8 Å². The van der Waals surface area contributed by atoms with E-state index < -0.39 is 15.9 Å². The monoisotopic (exact) mass is 391 g/mol. The van der Waals surface area contributed by atoms with Crippen molar-refractivity contribution in [3.8, 4) is 0 Å². The Morgan fingerprint density at radius 3 is 2.48 bits per heavy atom. The van der Waals surface area contributed by atoms with Crippen LogP contribution in [-0.2, 0) is 16.6 Å². The van der Waals surface area contributed by atoms with E-state index in [1.165, 1.54) is 28.6 Å². The highest BCUT2D eigenvalue weighted by Gasteiger charge is 2.27. The van der Waals surface area contributed by atoms with Crippen molar-refractivity contribution < 1.29 is 17.6 Å². The van der Waals surface area contributed by atoms with E-state index in [2.05, 4.69) is 10.2 Å². The van der Waals surface area contributed by atoms with Crippen molar-refractivity contribution in [3.05, 3.63) is 65.5 Å². The molecule has 1 aliphatic rings. The van der Waals surface area contributed by atoms with Crippen LogP contribution >= 0.6 is 0 Å². The van der Waals surface area contributed by atoms with Gasteiger partial charge in [-0.2, -0.15) is 4.31 Å². The Balaban J connectivity index is 1.71. The Hall–Kier alpha value is -2.29. The maximum absolute atomic E-state index is 13.2. The highest BCUT2D eigenvalue weighted by molar-refractivity contribution is 7.89. The number of nitrogens with zero attached hydrogens (tertiary/aromatic N) is 2. The number of amides is 1. The summed E-state index contributed by atoms with van der Waals surface area (Å²) in [6, 6.07) is 11.9. The number of hydrogen-bond acceptors (Lipinski definition) is 4. The molecule has 1 N–H and O–H groups in total. The second kappa shape index (κ2) is 8.16. The van der Waals surface area contributed by atoms with E-state index in [4.69, 9.17) is 0 Å². The molecule has 27 heavy (non-hydrogen) atoms. The van der Waals surface area contributed by atoms with Gasteiger partial charge in [-0.25, -0.2) is 12.8 Å². The Morgan fingerprint density at radius 1 is 1.07 bits per heavy atom. The van der Waals surface area contributed by atoms with Crippen LogP contribution < -0.4 is 5.32 Å². The second-order valence-corrected chi connectivity index (χ2v) is 8.49. The average Bonchev–Trinajstić information content (AvgIpc) is 2.66. The molecule has 1 aliphatic heterocycles. The predicted molar refractivity (Wildman–Crippen MR) is 100 cm³/mol. The topological polar surface area (TPSA) is 69.7 Å².